The number of anilines is 2. The Morgan fingerprint density at radius 1 is 1.17 bits per heavy atom. The largest absolute Gasteiger partial charge is 0.359 e. The number of rotatable bonds is 5. The van der Waals surface area contributed by atoms with Crippen LogP contribution in [0.4, 0.5) is 11.4 Å². The summed E-state index contributed by atoms with van der Waals surface area (Å²) in [5, 5.41) is 6.75. The minimum Gasteiger partial charge on any atom is -0.359 e. The van der Waals surface area contributed by atoms with Crippen LogP contribution in [0.3, 0.4) is 0 Å². The van der Waals surface area contributed by atoms with Crippen molar-refractivity contribution in [2.24, 2.45) is 0 Å². The molecule has 3 N–H and O–H groups in total. The number of amides is 2. The maximum atomic E-state index is 11.5. The highest BCUT2D eigenvalue weighted by Gasteiger charge is 2.11. The molecule has 0 atom stereocenters. The molecule has 2 amide bonds. The van der Waals surface area contributed by atoms with E-state index in [1.807, 2.05) is 24.3 Å². The average molecular weight is 340 g/mol. The quantitative estimate of drug-likeness (QED) is 0.482. The minimum atomic E-state index is -0.327. The Balaban J connectivity index is 2.11. The Hall–Kier alpha value is -3.05. The Morgan fingerprint density at radius 2 is 2.00 bits per heavy atom. The van der Waals surface area contributed by atoms with Gasteiger partial charge in [-0.25, -0.2) is 0 Å². The first-order chi connectivity index (χ1) is 11.6. The van der Waals surface area contributed by atoms with Crippen molar-refractivity contribution < 1.29 is 9.59 Å². The molecular weight excluding hydrogens is 326 g/mol. The predicted molar refractivity (Wildman–Crippen MR) is 97.3 cm³/mol. The highest BCUT2D eigenvalue weighted by molar-refractivity contribution is 6.34. The van der Waals surface area contributed by atoms with Gasteiger partial charge in [0.2, 0.25) is 12.3 Å². The lowest BCUT2D eigenvalue weighted by Crippen LogP contribution is -2.07. The molecule has 0 radical (unpaired) electrons. The number of aromatic nitrogens is 1. The number of aromatic amines is 1. The van der Waals surface area contributed by atoms with E-state index in [1.54, 1.807) is 18.3 Å². The number of fused-ring (bicyclic) bond motifs is 1. The van der Waals surface area contributed by atoms with E-state index in [-0.39, 0.29) is 5.91 Å². The molecule has 6 heteroatoms. The number of nitrogens with one attached hydrogen (secondary N) is 3. The number of halogens is 1. The van der Waals surface area contributed by atoms with Crippen molar-refractivity contribution >= 4 is 46.2 Å². The summed E-state index contributed by atoms with van der Waals surface area (Å²) in [6, 6.07) is 11.1. The van der Waals surface area contributed by atoms with Crippen molar-refractivity contribution in [1.82, 2.24) is 4.98 Å². The molecule has 0 aliphatic heterocycles. The molecule has 0 saturated carbocycles. The van der Waals surface area contributed by atoms with Gasteiger partial charge in [-0.1, -0.05) is 30.3 Å². The zero-order valence-corrected chi connectivity index (χ0v) is 13.4. The van der Waals surface area contributed by atoms with E-state index in [9.17, 15) is 9.59 Å². The molecular formula is C18H14ClN3O2. The van der Waals surface area contributed by atoms with Gasteiger partial charge in [0.05, 0.1) is 21.9 Å². The number of hydrogen-bond acceptors (Lipinski definition) is 2. The number of hydrogen-bond donors (Lipinski definition) is 3. The summed E-state index contributed by atoms with van der Waals surface area (Å²) in [5.74, 6) is -0.327. The normalized spacial score (nSPS) is 10.4. The minimum absolute atomic E-state index is 0.327. The van der Waals surface area contributed by atoms with Crippen LogP contribution in [0.25, 0.3) is 22.0 Å². The molecule has 1 aromatic heterocycles. The first kappa shape index (κ1) is 15.8. The second-order valence-corrected chi connectivity index (χ2v) is 5.48. The van der Waals surface area contributed by atoms with Gasteiger partial charge in [-0.2, -0.15) is 0 Å². The van der Waals surface area contributed by atoms with Crippen molar-refractivity contribution in [3.63, 3.8) is 0 Å². The summed E-state index contributed by atoms with van der Waals surface area (Å²) >= 11 is 6.14. The lowest BCUT2D eigenvalue weighted by Gasteiger charge is -2.11. The van der Waals surface area contributed by atoms with Gasteiger partial charge in [0.15, 0.2) is 0 Å². The van der Waals surface area contributed by atoms with Crippen LogP contribution in [-0.2, 0) is 9.59 Å². The van der Waals surface area contributed by atoms with Gasteiger partial charge >= 0.3 is 0 Å². The van der Waals surface area contributed by atoms with Crippen LogP contribution in [0, 0.1) is 0 Å². The van der Waals surface area contributed by atoms with Crippen LogP contribution < -0.4 is 10.6 Å². The Labute approximate surface area is 143 Å². The molecule has 3 aromatic rings. The van der Waals surface area contributed by atoms with Gasteiger partial charge in [-0.15, -0.1) is 0 Å². The maximum absolute atomic E-state index is 11.5. The summed E-state index contributed by atoms with van der Waals surface area (Å²) in [4.78, 5) is 25.4. The molecule has 2 aromatic carbocycles. The fraction of sp³-hybridized carbons (Fsp3) is 0. The molecule has 5 nitrogen and oxygen atoms in total. The zero-order chi connectivity index (χ0) is 17.1. The molecule has 0 unspecified atom stereocenters. The number of carbonyl (C=O) groups excluding carboxylic acids is 2. The molecule has 0 fully saturated rings. The summed E-state index contributed by atoms with van der Waals surface area (Å²) in [7, 11) is 0. The van der Waals surface area contributed by atoms with E-state index in [2.05, 4.69) is 22.2 Å². The van der Waals surface area contributed by atoms with E-state index >= 15 is 0 Å². The molecule has 0 bridgehead atoms. The Bertz CT molecular complexity index is 947. The van der Waals surface area contributed by atoms with Crippen LogP contribution >= 0.6 is 11.6 Å². The van der Waals surface area contributed by atoms with E-state index in [0.717, 1.165) is 22.0 Å². The van der Waals surface area contributed by atoms with Gasteiger partial charge in [0.25, 0.3) is 0 Å². The van der Waals surface area contributed by atoms with Crippen LogP contribution in [-0.4, -0.2) is 17.3 Å². The number of benzene rings is 2. The van der Waals surface area contributed by atoms with Crippen molar-refractivity contribution in [2.75, 3.05) is 10.6 Å². The molecule has 1 heterocycles. The third-order valence-electron chi connectivity index (χ3n) is 3.66. The van der Waals surface area contributed by atoms with Crippen LogP contribution in [0.5, 0.6) is 0 Å². The second-order valence-electron chi connectivity index (χ2n) is 5.08. The predicted octanol–water partition coefficient (Wildman–Crippen LogP) is 4.18. The summed E-state index contributed by atoms with van der Waals surface area (Å²) in [6.07, 6.45) is 3.63. The molecule has 120 valence electrons. The van der Waals surface area contributed by atoms with Crippen molar-refractivity contribution in [1.29, 1.82) is 0 Å². The van der Waals surface area contributed by atoms with E-state index in [1.165, 1.54) is 6.08 Å². The molecule has 0 saturated heterocycles. The number of carbonyl (C=O) groups is 2. The zero-order valence-electron chi connectivity index (χ0n) is 12.6. The summed E-state index contributed by atoms with van der Waals surface area (Å²) in [6.45, 7) is 3.43. The maximum Gasteiger partial charge on any atom is 0.247 e. The first-order valence-corrected chi connectivity index (χ1v) is 7.55. The van der Waals surface area contributed by atoms with Crippen molar-refractivity contribution in [3.05, 3.63) is 60.3 Å². The Kier molecular flexibility index (Phi) is 4.35. The SMILES string of the molecule is C=CC(=O)Nc1cc(-c2ccc(NC=O)c3[nH]ccc23)ccc1Cl. The molecule has 3 rings (SSSR count). The van der Waals surface area contributed by atoms with Gasteiger partial charge in [-0.3, -0.25) is 9.59 Å². The van der Waals surface area contributed by atoms with E-state index < -0.39 is 0 Å². The van der Waals surface area contributed by atoms with Crippen molar-refractivity contribution in [3.8, 4) is 11.1 Å². The van der Waals surface area contributed by atoms with E-state index in [0.29, 0.717) is 22.8 Å². The number of H-pyrrole nitrogens is 1. The molecule has 0 aliphatic rings. The van der Waals surface area contributed by atoms with Crippen LogP contribution in [0.1, 0.15) is 0 Å². The summed E-state index contributed by atoms with van der Waals surface area (Å²) < 4.78 is 0. The van der Waals surface area contributed by atoms with E-state index in [4.69, 9.17) is 11.6 Å². The first-order valence-electron chi connectivity index (χ1n) is 7.17. The average Bonchev–Trinajstić information content (AvgIpc) is 3.07. The van der Waals surface area contributed by atoms with Crippen LogP contribution in [0.15, 0.2) is 55.3 Å². The van der Waals surface area contributed by atoms with Gasteiger partial charge in [0, 0.05) is 11.6 Å². The molecule has 0 spiro atoms. The second kappa shape index (κ2) is 6.60. The highest BCUT2D eigenvalue weighted by atomic mass is 35.5. The topological polar surface area (TPSA) is 74.0 Å². The van der Waals surface area contributed by atoms with Crippen LogP contribution in [0.2, 0.25) is 5.02 Å². The third kappa shape index (κ3) is 2.89. The van der Waals surface area contributed by atoms with Gasteiger partial charge < -0.3 is 15.6 Å². The van der Waals surface area contributed by atoms with Crippen molar-refractivity contribution in [2.45, 2.75) is 0 Å². The fourth-order valence-electron chi connectivity index (χ4n) is 2.56. The lowest BCUT2D eigenvalue weighted by atomic mass is 10.0. The smallest absolute Gasteiger partial charge is 0.247 e. The fourth-order valence-corrected chi connectivity index (χ4v) is 2.73. The molecule has 24 heavy (non-hydrogen) atoms. The molecule has 0 aliphatic carbocycles. The monoisotopic (exact) mass is 339 g/mol. The van der Waals surface area contributed by atoms with Gasteiger partial charge in [0.1, 0.15) is 0 Å². The highest BCUT2D eigenvalue weighted by Crippen LogP contribution is 2.35. The lowest BCUT2D eigenvalue weighted by molar-refractivity contribution is -0.112. The van der Waals surface area contributed by atoms with Gasteiger partial charge in [-0.05, 0) is 41.5 Å². The Morgan fingerprint density at radius 3 is 2.75 bits per heavy atom. The summed E-state index contributed by atoms with van der Waals surface area (Å²) in [5.41, 5.74) is 3.88. The standard InChI is InChI=1S/C18H14ClN3O2/c1-2-17(24)22-16-9-11(3-5-14(16)19)12-4-6-15(21-10-23)18-13(12)7-8-20-18/h2-10,20H,1H2,(H,21,23)(H,22,24). The third-order valence-corrected chi connectivity index (χ3v) is 3.99.